The minimum Gasteiger partial charge on any atom is -0.396 e. The molecule has 4 nitrogen and oxygen atoms in total. The maximum Gasteiger partial charge on any atom is 0.319 e. The molecule has 3 rings (SSSR count). The normalized spacial score (nSPS) is 31.3. The Morgan fingerprint density at radius 1 is 1.25 bits per heavy atom. The monoisotopic (exact) mass is 274 g/mol. The fourth-order valence-corrected chi connectivity index (χ4v) is 3.85. The lowest BCUT2D eigenvalue weighted by atomic mass is 9.85. The highest BCUT2D eigenvalue weighted by atomic mass is 16.3. The van der Waals surface area contributed by atoms with Crippen LogP contribution in [0.1, 0.15) is 24.8 Å². The van der Waals surface area contributed by atoms with Crippen LogP contribution in [-0.4, -0.2) is 23.8 Å². The topological polar surface area (TPSA) is 61.4 Å². The third-order valence-electron chi connectivity index (χ3n) is 4.91. The van der Waals surface area contributed by atoms with Gasteiger partial charge < -0.3 is 15.7 Å². The van der Waals surface area contributed by atoms with E-state index in [1.807, 2.05) is 31.2 Å². The fourth-order valence-electron chi connectivity index (χ4n) is 3.85. The predicted molar refractivity (Wildman–Crippen MR) is 78.5 cm³/mol. The molecule has 2 aliphatic carbocycles. The van der Waals surface area contributed by atoms with Gasteiger partial charge in [-0.3, -0.25) is 0 Å². The first kappa shape index (κ1) is 13.4. The van der Waals surface area contributed by atoms with Crippen molar-refractivity contribution in [3.05, 3.63) is 29.8 Å². The lowest BCUT2D eigenvalue weighted by Gasteiger charge is -2.30. The van der Waals surface area contributed by atoms with Gasteiger partial charge in [-0.1, -0.05) is 17.7 Å². The van der Waals surface area contributed by atoms with Crippen LogP contribution < -0.4 is 10.6 Å². The number of fused-ring (bicyclic) bond motifs is 2. The van der Waals surface area contributed by atoms with Gasteiger partial charge in [0.05, 0.1) is 0 Å². The molecule has 0 saturated heterocycles. The number of anilines is 1. The highest BCUT2D eigenvalue weighted by molar-refractivity contribution is 5.89. The molecule has 4 unspecified atom stereocenters. The number of carbonyl (C=O) groups is 1. The van der Waals surface area contributed by atoms with Crippen molar-refractivity contribution in [3.8, 4) is 0 Å². The molecule has 1 aromatic rings. The average Bonchev–Trinajstić information content (AvgIpc) is 3.02. The van der Waals surface area contributed by atoms with Crippen LogP contribution in [-0.2, 0) is 0 Å². The van der Waals surface area contributed by atoms with E-state index < -0.39 is 0 Å². The zero-order valence-corrected chi connectivity index (χ0v) is 11.8. The molecule has 108 valence electrons. The Kier molecular flexibility index (Phi) is 3.66. The largest absolute Gasteiger partial charge is 0.396 e. The first-order chi connectivity index (χ1) is 9.67. The molecule has 1 aromatic carbocycles. The number of carbonyl (C=O) groups excluding carboxylic acids is 1. The summed E-state index contributed by atoms with van der Waals surface area (Å²) in [5, 5.41) is 15.5. The molecule has 2 fully saturated rings. The summed E-state index contributed by atoms with van der Waals surface area (Å²) in [5.74, 6) is 1.37. The number of benzene rings is 1. The van der Waals surface area contributed by atoms with Crippen LogP contribution in [0.3, 0.4) is 0 Å². The Balaban J connectivity index is 1.60. The van der Waals surface area contributed by atoms with Crippen molar-refractivity contribution in [2.45, 2.75) is 32.2 Å². The lowest BCUT2D eigenvalue weighted by molar-refractivity contribution is 0.146. The number of rotatable bonds is 3. The number of hydrogen-bond acceptors (Lipinski definition) is 2. The van der Waals surface area contributed by atoms with E-state index in [2.05, 4.69) is 10.6 Å². The first-order valence-electron chi connectivity index (χ1n) is 7.42. The van der Waals surface area contributed by atoms with Gasteiger partial charge in [0, 0.05) is 24.3 Å². The molecule has 2 bridgehead atoms. The molecule has 3 N–H and O–H groups in total. The Hall–Kier alpha value is -1.55. The number of aryl methyl sites for hydroxylation is 1. The van der Waals surface area contributed by atoms with E-state index in [1.54, 1.807) is 0 Å². The lowest BCUT2D eigenvalue weighted by Crippen LogP contribution is -2.46. The first-order valence-corrected chi connectivity index (χ1v) is 7.42. The van der Waals surface area contributed by atoms with Crippen LogP contribution in [0.5, 0.6) is 0 Å². The van der Waals surface area contributed by atoms with E-state index >= 15 is 0 Å². The van der Waals surface area contributed by atoms with Crippen LogP contribution in [0.15, 0.2) is 24.3 Å². The van der Waals surface area contributed by atoms with Gasteiger partial charge in [0.15, 0.2) is 0 Å². The van der Waals surface area contributed by atoms with Crippen LogP contribution in [0, 0.1) is 24.7 Å². The number of amides is 2. The van der Waals surface area contributed by atoms with Crippen molar-refractivity contribution in [1.29, 1.82) is 0 Å². The Morgan fingerprint density at radius 2 is 1.95 bits per heavy atom. The van der Waals surface area contributed by atoms with Crippen LogP contribution in [0.4, 0.5) is 10.5 Å². The molecule has 0 spiro atoms. The second kappa shape index (κ2) is 5.44. The van der Waals surface area contributed by atoms with Crippen molar-refractivity contribution in [1.82, 2.24) is 5.32 Å². The van der Waals surface area contributed by atoms with Gasteiger partial charge in [-0.25, -0.2) is 4.79 Å². The SMILES string of the molecule is Cc1ccc(NC(=O)NC2C3CCC(C3)C2CO)cc1. The summed E-state index contributed by atoms with van der Waals surface area (Å²) in [6.45, 7) is 2.20. The second-order valence-electron chi connectivity index (χ2n) is 6.17. The Morgan fingerprint density at radius 3 is 2.65 bits per heavy atom. The molecular weight excluding hydrogens is 252 g/mol. The number of nitrogens with one attached hydrogen (secondary N) is 2. The Bertz CT molecular complexity index is 486. The highest BCUT2D eigenvalue weighted by Crippen LogP contribution is 2.48. The van der Waals surface area contributed by atoms with Gasteiger partial charge in [0.1, 0.15) is 0 Å². The summed E-state index contributed by atoms with van der Waals surface area (Å²) in [7, 11) is 0. The smallest absolute Gasteiger partial charge is 0.319 e. The summed E-state index contributed by atoms with van der Waals surface area (Å²) >= 11 is 0. The van der Waals surface area contributed by atoms with Gasteiger partial charge in [-0.15, -0.1) is 0 Å². The molecular formula is C16H22N2O2. The predicted octanol–water partition coefficient (Wildman–Crippen LogP) is 2.52. The molecule has 0 heterocycles. The van der Waals surface area contributed by atoms with Gasteiger partial charge in [-0.05, 0) is 50.2 Å². The van der Waals surface area contributed by atoms with Gasteiger partial charge in [-0.2, -0.15) is 0 Å². The highest BCUT2D eigenvalue weighted by Gasteiger charge is 2.47. The molecule has 20 heavy (non-hydrogen) atoms. The van der Waals surface area contributed by atoms with E-state index in [1.165, 1.54) is 18.4 Å². The average molecular weight is 274 g/mol. The molecule has 0 radical (unpaired) electrons. The van der Waals surface area contributed by atoms with Crippen molar-refractivity contribution in [2.75, 3.05) is 11.9 Å². The summed E-state index contributed by atoms with van der Waals surface area (Å²) in [4.78, 5) is 12.1. The third-order valence-corrected chi connectivity index (χ3v) is 4.91. The van der Waals surface area contributed by atoms with Crippen LogP contribution in [0.25, 0.3) is 0 Å². The number of aliphatic hydroxyl groups is 1. The standard InChI is InChI=1S/C16H22N2O2/c1-10-2-6-13(7-3-10)17-16(20)18-15-12-5-4-11(8-12)14(15)9-19/h2-3,6-7,11-12,14-15,19H,4-5,8-9H2,1H3,(H2,17,18,20). The molecule has 4 atom stereocenters. The van der Waals surface area contributed by atoms with E-state index in [-0.39, 0.29) is 24.6 Å². The summed E-state index contributed by atoms with van der Waals surface area (Å²) < 4.78 is 0. The summed E-state index contributed by atoms with van der Waals surface area (Å²) in [5.41, 5.74) is 1.97. The molecule has 4 heteroatoms. The third kappa shape index (κ3) is 2.52. The molecule has 2 saturated carbocycles. The zero-order chi connectivity index (χ0) is 14.1. The molecule has 2 amide bonds. The molecule has 0 aromatic heterocycles. The second-order valence-corrected chi connectivity index (χ2v) is 6.17. The van der Waals surface area contributed by atoms with Gasteiger partial charge in [0.25, 0.3) is 0 Å². The maximum atomic E-state index is 12.1. The van der Waals surface area contributed by atoms with Crippen molar-refractivity contribution < 1.29 is 9.90 Å². The van der Waals surface area contributed by atoms with Crippen molar-refractivity contribution in [2.24, 2.45) is 17.8 Å². The van der Waals surface area contributed by atoms with Crippen LogP contribution in [0.2, 0.25) is 0 Å². The Labute approximate surface area is 119 Å². The number of urea groups is 1. The van der Waals surface area contributed by atoms with E-state index in [9.17, 15) is 9.90 Å². The minimum atomic E-state index is -0.162. The van der Waals surface area contributed by atoms with E-state index in [0.717, 1.165) is 12.1 Å². The molecule has 2 aliphatic rings. The fraction of sp³-hybridized carbons (Fsp3) is 0.562. The van der Waals surface area contributed by atoms with E-state index in [0.29, 0.717) is 11.8 Å². The quantitative estimate of drug-likeness (QED) is 0.793. The van der Waals surface area contributed by atoms with Crippen molar-refractivity contribution >= 4 is 11.7 Å². The van der Waals surface area contributed by atoms with Crippen molar-refractivity contribution in [3.63, 3.8) is 0 Å². The molecule has 0 aliphatic heterocycles. The van der Waals surface area contributed by atoms with E-state index in [4.69, 9.17) is 0 Å². The van der Waals surface area contributed by atoms with Gasteiger partial charge in [0.2, 0.25) is 0 Å². The van der Waals surface area contributed by atoms with Gasteiger partial charge >= 0.3 is 6.03 Å². The summed E-state index contributed by atoms with van der Waals surface area (Å²) in [6, 6.07) is 7.72. The number of aliphatic hydroxyl groups excluding tert-OH is 1. The maximum absolute atomic E-state index is 12.1. The number of hydrogen-bond donors (Lipinski definition) is 3. The minimum absolute atomic E-state index is 0.129. The zero-order valence-electron chi connectivity index (χ0n) is 11.8. The van der Waals surface area contributed by atoms with Crippen LogP contribution >= 0.6 is 0 Å². The summed E-state index contributed by atoms with van der Waals surface area (Å²) in [6.07, 6.45) is 3.53.